The van der Waals surface area contributed by atoms with E-state index >= 15 is 0 Å². The predicted molar refractivity (Wildman–Crippen MR) is 95.9 cm³/mol. The van der Waals surface area contributed by atoms with E-state index in [1.807, 2.05) is 0 Å². The molecule has 0 saturated heterocycles. The van der Waals surface area contributed by atoms with E-state index in [0.29, 0.717) is 22.2 Å². The number of aromatic nitrogens is 2. The highest BCUT2D eigenvalue weighted by molar-refractivity contribution is 7.90. The van der Waals surface area contributed by atoms with Crippen LogP contribution in [0.2, 0.25) is 0 Å². The Hall–Kier alpha value is -2.53. The molecule has 2 aromatic rings. The van der Waals surface area contributed by atoms with Crippen LogP contribution in [-0.4, -0.2) is 43.0 Å². The molecule has 0 radical (unpaired) electrons. The van der Waals surface area contributed by atoms with Crippen molar-refractivity contribution in [2.24, 2.45) is 20.9 Å². The van der Waals surface area contributed by atoms with Gasteiger partial charge in [-0.3, -0.25) is 0 Å². The van der Waals surface area contributed by atoms with E-state index < -0.39 is 10.0 Å². The summed E-state index contributed by atoms with van der Waals surface area (Å²) >= 11 is 1.27. The standard InChI is InChI=1S/C13H17N7O2S2/c1-3-24(21,22)20-11(16-2)9-6-4-5-8(17-9)10-7-23-13(18-10)19-12(14)15/h4-7H,3H2,1-2H3,(H,16,20)(H4,14,15,18,19). The highest BCUT2D eigenvalue weighted by Gasteiger charge is 2.12. The molecule has 5 N–H and O–H groups in total. The Kier molecular flexibility index (Phi) is 5.46. The van der Waals surface area contributed by atoms with Crippen molar-refractivity contribution in [2.45, 2.75) is 6.92 Å². The van der Waals surface area contributed by atoms with Crippen LogP contribution in [-0.2, 0) is 10.0 Å². The molecule has 9 nitrogen and oxygen atoms in total. The first-order valence-electron chi connectivity index (χ1n) is 6.88. The highest BCUT2D eigenvalue weighted by Crippen LogP contribution is 2.25. The number of aliphatic imine (C=N–C) groups is 1. The molecule has 2 heterocycles. The number of rotatable bonds is 5. The van der Waals surface area contributed by atoms with Gasteiger partial charge < -0.3 is 16.8 Å². The highest BCUT2D eigenvalue weighted by atomic mass is 32.2. The molecule has 0 saturated carbocycles. The van der Waals surface area contributed by atoms with E-state index in [1.54, 1.807) is 30.6 Å². The average molecular weight is 367 g/mol. The molecule has 0 fully saturated rings. The second-order valence-electron chi connectivity index (χ2n) is 4.52. The number of nitrogens with one attached hydrogen (secondary N) is 1. The number of hydrogen-bond donors (Lipinski definition) is 3. The molecule has 2 rings (SSSR count). The zero-order valence-electron chi connectivity index (χ0n) is 13.1. The SMILES string of the molecule is CCS(=O)(=O)N=C(NC)c1cccc(-c2csc(N=C(N)N)n2)n1. The second kappa shape index (κ2) is 7.36. The summed E-state index contributed by atoms with van der Waals surface area (Å²) in [6.07, 6.45) is 0. The second-order valence-corrected chi connectivity index (χ2v) is 7.28. The van der Waals surface area contributed by atoms with E-state index in [-0.39, 0.29) is 17.5 Å². The molecule has 0 aliphatic carbocycles. The number of sulfonamides is 1. The smallest absolute Gasteiger partial charge is 0.254 e. The van der Waals surface area contributed by atoms with E-state index in [1.165, 1.54) is 18.3 Å². The molecule has 0 aromatic carbocycles. The van der Waals surface area contributed by atoms with Crippen LogP contribution in [0.5, 0.6) is 0 Å². The minimum absolute atomic E-state index is 0.0769. The zero-order valence-corrected chi connectivity index (χ0v) is 14.7. The number of thiazole rings is 1. The van der Waals surface area contributed by atoms with Crippen LogP contribution in [0.1, 0.15) is 12.6 Å². The van der Waals surface area contributed by atoms with E-state index in [0.717, 1.165) is 0 Å². The van der Waals surface area contributed by atoms with Crippen LogP contribution in [0.4, 0.5) is 5.13 Å². The molecule has 0 amide bonds. The molecular formula is C13H17N7O2S2. The fourth-order valence-electron chi connectivity index (χ4n) is 1.68. The summed E-state index contributed by atoms with van der Waals surface area (Å²) in [6, 6.07) is 5.15. The molecule has 11 heteroatoms. The Morgan fingerprint density at radius 2 is 2.04 bits per heavy atom. The molecular weight excluding hydrogens is 350 g/mol. The maximum Gasteiger partial charge on any atom is 0.254 e. The van der Waals surface area contributed by atoms with Gasteiger partial charge in [0.25, 0.3) is 10.0 Å². The van der Waals surface area contributed by atoms with Crippen molar-refractivity contribution in [1.82, 2.24) is 15.3 Å². The number of guanidine groups is 1. The molecule has 0 bridgehead atoms. The van der Waals surface area contributed by atoms with Gasteiger partial charge in [-0.25, -0.2) is 18.4 Å². The van der Waals surface area contributed by atoms with Crippen molar-refractivity contribution in [1.29, 1.82) is 0 Å². The van der Waals surface area contributed by atoms with Crippen LogP contribution in [0, 0.1) is 0 Å². The van der Waals surface area contributed by atoms with Crippen LogP contribution >= 0.6 is 11.3 Å². The van der Waals surface area contributed by atoms with Crippen molar-refractivity contribution >= 4 is 38.3 Å². The summed E-state index contributed by atoms with van der Waals surface area (Å²) in [5.41, 5.74) is 12.2. The summed E-state index contributed by atoms with van der Waals surface area (Å²) in [5, 5.41) is 4.92. The summed E-state index contributed by atoms with van der Waals surface area (Å²) in [5.74, 6) is -0.00314. The van der Waals surface area contributed by atoms with Gasteiger partial charge in [0.1, 0.15) is 11.4 Å². The van der Waals surface area contributed by atoms with Crippen molar-refractivity contribution < 1.29 is 8.42 Å². The summed E-state index contributed by atoms with van der Waals surface area (Å²) in [4.78, 5) is 12.5. The number of amidine groups is 1. The lowest BCUT2D eigenvalue weighted by Gasteiger charge is -2.06. The number of hydrogen-bond acceptors (Lipinski definition) is 6. The predicted octanol–water partition coefficient (Wildman–Crippen LogP) is 0.426. The monoisotopic (exact) mass is 367 g/mol. The fraction of sp³-hybridized carbons (Fsp3) is 0.231. The first kappa shape index (κ1) is 17.8. The average Bonchev–Trinajstić information content (AvgIpc) is 3.00. The van der Waals surface area contributed by atoms with Gasteiger partial charge in [-0.15, -0.1) is 15.7 Å². The van der Waals surface area contributed by atoms with Crippen molar-refractivity contribution in [3.63, 3.8) is 0 Å². The van der Waals surface area contributed by atoms with Gasteiger partial charge >= 0.3 is 0 Å². The minimum Gasteiger partial charge on any atom is -0.371 e. The molecule has 0 unspecified atom stereocenters. The Morgan fingerprint density at radius 1 is 1.29 bits per heavy atom. The first-order valence-corrected chi connectivity index (χ1v) is 9.37. The van der Waals surface area contributed by atoms with Gasteiger partial charge in [-0.1, -0.05) is 6.07 Å². The van der Waals surface area contributed by atoms with Crippen LogP contribution < -0.4 is 16.8 Å². The maximum absolute atomic E-state index is 11.7. The first-order chi connectivity index (χ1) is 11.3. The number of nitrogens with two attached hydrogens (primary N) is 2. The molecule has 0 spiro atoms. The topological polar surface area (TPSA) is 149 Å². The zero-order chi connectivity index (χ0) is 17.7. The Morgan fingerprint density at radius 3 is 2.67 bits per heavy atom. The van der Waals surface area contributed by atoms with Crippen molar-refractivity contribution in [2.75, 3.05) is 12.8 Å². The summed E-state index contributed by atoms with van der Waals surface area (Å²) < 4.78 is 27.1. The molecule has 0 aliphatic heterocycles. The minimum atomic E-state index is -3.54. The van der Waals surface area contributed by atoms with Crippen LogP contribution in [0.3, 0.4) is 0 Å². The van der Waals surface area contributed by atoms with Gasteiger partial charge in [-0.2, -0.15) is 4.99 Å². The Balaban J connectivity index is 2.41. The van der Waals surface area contributed by atoms with Gasteiger partial charge in [0.05, 0.1) is 11.4 Å². The van der Waals surface area contributed by atoms with Crippen LogP contribution in [0.15, 0.2) is 33.0 Å². The lowest BCUT2D eigenvalue weighted by atomic mass is 10.2. The normalized spacial score (nSPS) is 12.0. The molecule has 128 valence electrons. The van der Waals surface area contributed by atoms with Crippen molar-refractivity contribution in [3.05, 3.63) is 29.3 Å². The lowest BCUT2D eigenvalue weighted by molar-refractivity contribution is 0.599. The third kappa shape index (κ3) is 4.49. The quantitative estimate of drug-likeness (QED) is 0.512. The van der Waals surface area contributed by atoms with Gasteiger partial charge in [0.2, 0.25) is 5.13 Å². The van der Waals surface area contributed by atoms with Gasteiger partial charge in [0, 0.05) is 12.4 Å². The maximum atomic E-state index is 11.7. The lowest BCUT2D eigenvalue weighted by Crippen LogP contribution is -2.23. The van der Waals surface area contributed by atoms with Gasteiger partial charge in [-0.05, 0) is 19.1 Å². The third-order valence-corrected chi connectivity index (χ3v) is 4.73. The Labute approximate surface area is 143 Å². The number of pyridine rings is 1. The largest absolute Gasteiger partial charge is 0.371 e. The Bertz CT molecular complexity index is 883. The van der Waals surface area contributed by atoms with Crippen LogP contribution in [0.25, 0.3) is 11.4 Å². The summed E-state index contributed by atoms with van der Waals surface area (Å²) in [7, 11) is -1.96. The van der Waals surface area contributed by atoms with E-state index in [2.05, 4.69) is 24.7 Å². The van der Waals surface area contributed by atoms with E-state index in [4.69, 9.17) is 11.5 Å². The third-order valence-electron chi connectivity index (χ3n) is 2.80. The fourth-order valence-corrected chi connectivity index (χ4v) is 2.97. The van der Waals surface area contributed by atoms with Gasteiger partial charge in [0.15, 0.2) is 11.8 Å². The molecule has 2 aromatic heterocycles. The van der Waals surface area contributed by atoms with Crippen molar-refractivity contribution in [3.8, 4) is 11.4 Å². The summed E-state index contributed by atoms with van der Waals surface area (Å²) in [6.45, 7) is 1.52. The van der Waals surface area contributed by atoms with E-state index in [9.17, 15) is 8.42 Å². The molecule has 24 heavy (non-hydrogen) atoms. The molecule has 0 atom stereocenters. The number of nitrogens with zero attached hydrogens (tertiary/aromatic N) is 4. The molecule has 0 aliphatic rings.